The maximum atomic E-state index is 15.5. The lowest BCUT2D eigenvalue weighted by molar-refractivity contribution is -0.146. The molecule has 37 heavy (non-hydrogen) atoms. The van der Waals surface area contributed by atoms with Crippen LogP contribution in [-0.2, 0) is 4.79 Å². The molecule has 0 spiro atoms. The van der Waals surface area contributed by atoms with E-state index in [0.717, 1.165) is 18.2 Å². The number of likely N-dealkylation sites (tertiary alicyclic amines) is 1. The highest BCUT2D eigenvalue weighted by atomic mass is 35.5. The van der Waals surface area contributed by atoms with Crippen LogP contribution in [0.2, 0.25) is 5.02 Å². The van der Waals surface area contributed by atoms with Gasteiger partial charge in [-0.1, -0.05) is 23.4 Å². The molecule has 2 aromatic carbocycles. The lowest BCUT2D eigenvalue weighted by Gasteiger charge is -2.36. The molecule has 1 aromatic heterocycles. The fourth-order valence-corrected chi connectivity index (χ4v) is 5.06. The van der Waals surface area contributed by atoms with Gasteiger partial charge in [0.2, 0.25) is 0 Å². The predicted octanol–water partition coefficient (Wildman–Crippen LogP) is 6.04. The van der Waals surface area contributed by atoms with Gasteiger partial charge in [-0.2, -0.15) is 0 Å². The van der Waals surface area contributed by atoms with E-state index in [2.05, 4.69) is 16.8 Å². The van der Waals surface area contributed by atoms with Crippen molar-refractivity contribution in [2.45, 2.75) is 25.4 Å². The first kappa shape index (κ1) is 26.8. The topological polar surface area (TPSA) is 62.7 Å². The van der Waals surface area contributed by atoms with Crippen LogP contribution in [0.15, 0.2) is 42.6 Å². The van der Waals surface area contributed by atoms with Gasteiger partial charge in [0.25, 0.3) is 0 Å². The van der Waals surface area contributed by atoms with Crippen molar-refractivity contribution >= 4 is 28.5 Å². The second-order valence-corrected chi connectivity index (χ2v) is 9.51. The number of aromatic nitrogens is 1. The number of ether oxygens (including phenoxy) is 1. The van der Waals surface area contributed by atoms with Crippen molar-refractivity contribution in [3.63, 3.8) is 0 Å². The number of aliphatic carboxylic acids is 1. The molecule has 3 atom stereocenters. The van der Waals surface area contributed by atoms with Crippen molar-refractivity contribution in [2.24, 2.45) is 11.8 Å². The summed E-state index contributed by atoms with van der Waals surface area (Å²) in [7, 11) is 1.52. The molecule has 0 bridgehead atoms. The number of pyridine rings is 1. The van der Waals surface area contributed by atoms with Crippen molar-refractivity contribution < 1.29 is 27.8 Å². The Morgan fingerprint density at radius 3 is 2.86 bits per heavy atom. The minimum Gasteiger partial charge on any atom is -0.497 e. The number of carboxylic acids is 1. The zero-order chi connectivity index (χ0) is 26.5. The van der Waals surface area contributed by atoms with Gasteiger partial charge in [0.05, 0.1) is 35.7 Å². The average Bonchev–Trinajstić information content (AvgIpc) is 2.89. The first-order valence-electron chi connectivity index (χ1n) is 11.9. The number of nitrogens with zero attached hydrogens (tertiary/aromatic N) is 2. The number of piperidine rings is 1. The fourth-order valence-electron chi connectivity index (χ4n) is 4.79. The van der Waals surface area contributed by atoms with Crippen LogP contribution in [0, 0.1) is 35.3 Å². The van der Waals surface area contributed by atoms with E-state index >= 15 is 4.39 Å². The van der Waals surface area contributed by atoms with E-state index < -0.39 is 29.7 Å². The van der Waals surface area contributed by atoms with E-state index in [0.29, 0.717) is 41.6 Å². The molecule has 9 heteroatoms. The third-order valence-corrected chi connectivity index (χ3v) is 7.08. The summed E-state index contributed by atoms with van der Waals surface area (Å²) in [6.07, 6.45) is 1.07. The van der Waals surface area contributed by atoms with E-state index in [4.69, 9.17) is 16.3 Å². The van der Waals surface area contributed by atoms with Crippen LogP contribution in [0.1, 0.15) is 36.6 Å². The number of carbonyl (C=O) groups is 1. The molecule has 4 rings (SSSR count). The van der Waals surface area contributed by atoms with Gasteiger partial charge in [-0.3, -0.25) is 14.7 Å². The SMILES string of the molecule is COc1ccc2ncc(Cl)c(C(F)CCC3CCN(CC#Cc4cc(F)ccc4F)CC3C(=O)O)c2c1. The quantitative estimate of drug-likeness (QED) is 0.377. The van der Waals surface area contributed by atoms with Gasteiger partial charge in [0.1, 0.15) is 23.6 Å². The molecule has 0 aliphatic carbocycles. The summed E-state index contributed by atoms with van der Waals surface area (Å²) < 4.78 is 47.9. The summed E-state index contributed by atoms with van der Waals surface area (Å²) in [4.78, 5) is 18.1. The Morgan fingerprint density at radius 2 is 2.11 bits per heavy atom. The second kappa shape index (κ2) is 11.8. The largest absolute Gasteiger partial charge is 0.497 e. The summed E-state index contributed by atoms with van der Waals surface area (Å²) in [5.74, 6) is 2.92. The molecule has 3 unspecified atom stereocenters. The average molecular weight is 531 g/mol. The highest BCUT2D eigenvalue weighted by Gasteiger charge is 2.34. The number of halogens is 4. The summed E-state index contributed by atoms with van der Waals surface area (Å²) in [5, 5.41) is 10.6. The van der Waals surface area contributed by atoms with Crippen LogP contribution >= 0.6 is 11.6 Å². The van der Waals surface area contributed by atoms with Crippen molar-refractivity contribution in [3.8, 4) is 17.6 Å². The number of hydrogen-bond acceptors (Lipinski definition) is 4. The van der Waals surface area contributed by atoms with Gasteiger partial charge >= 0.3 is 5.97 Å². The number of rotatable bonds is 7. The van der Waals surface area contributed by atoms with Crippen molar-refractivity contribution in [3.05, 3.63) is 70.4 Å². The molecule has 0 radical (unpaired) electrons. The minimum atomic E-state index is -1.40. The first-order valence-corrected chi connectivity index (χ1v) is 12.3. The second-order valence-electron chi connectivity index (χ2n) is 9.10. The van der Waals surface area contributed by atoms with E-state index in [-0.39, 0.29) is 36.0 Å². The maximum Gasteiger partial charge on any atom is 0.308 e. The maximum absolute atomic E-state index is 15.5. The van der Waals surface area contributed by atoms with E-state index in [1.54, 1.807) is 18.2 Å². The van der Waals surface area contributed by atoms with Gasteiger partial charge in [-0.15, -0.1) is 0 Å². The van der Waals surface area contributed by atoms with Gasteiger partial charge in [-0.25, -0.2) is 13.2 Å². The molecule has 5 nitrogen and oxygen atoms in total. The van der Waals surface area contributed by atoms with Crippen molar-refractivity contribution in [2.75, 3.05) is 26.7 Å². The van der Waals surface area contributed by atoms with Crippen LogP contribution in [0.25, 0.3) is 10.9 Å². The molecular formula is C28H26ClF3N2O3. The molecule has 1 aliphatic rings. The summed E-state index contributed by atoms with van der Waals surface area (Å²) in [6, 6.07) is 8.24. The number of methoxy groups -OCH3 is 1. The Kier molecular flexibility index (Phi) is 8.57. The molecule has 3 aromatic rings. The minimum absolute atomic E-state index is 0.0430. The van der Waals surface area contributed by atoms with Gasteiger partial charge in [0, 0.05) is 23.7 Å². The predicted molar refractivity (Wildman–Crippen MR) is 135 cm³/mol. The normalized spacial score (nSPS) is 18.7. The molecule has 2 heterocycles. The van der Waals surface area contributed by atoms with Crippen LogP contribution in [0.5, 0.6) is 5.75 Å². The Balaban J connectivity index is 1.41. The lowest BCUT2D eigenvalue weighted by Crippen LogP contribution is -2.44. The number of benzene rings is 2. The summed E-state index contributed by atoms with van der Waals surface area (Å²) in [5.41, 5.74) is 0.882. The highest BCUT2D eigenvalue weighted by molar-refractivity contribution is 6.32. The Bertz CT molecular complexity index is 1360. The fraction of sp³-hybridized carbons (Fsp3) is 0.357. The molecule has 0 saturated carbocycles. The molecule has 1 saturated heterocycles. The Labute approximate surface area is 218 Å². The van der Waals surface area contributed by atoms with Crippen molar-refractivity contribution in [1.29, 1.82) is 0 Å². The summed E-state index contributed by atoms with van der Waals surface area (Å²) >= 11 is 6.32. The smallest absolute Gasteiger partial charge is 0.308 e. The van der Waals surface area contributed by atoms with Crippen LogP contribution < -0.4 is 4.74 Å². The van der Waals surface area contributed by atoms with Gasteiger partial charge < -0.3 is 9.84 Å². The molecule has 1 N–H and O–H groups in total. The number of carboxylic acid groups (broad SMARTS) is 1. The summed E-state index contributed by atoms with van der Waals surface area (Å²) in [6.45, 7) is 1.04. The van der Waals surface area contributed by atoms with Crippen molar-refractivity contribution in [1.82, 2.24) is 9.88 Å². The number of alkyl halides is 1. The zero-order valence-electron chi connectivity index (χ0n) is 20.2. The zero-order valence-corrected chi connectivity index (χ0v) is 20.9. The molecule has 0 amide bonds. The van der Waals surface area contributed by atoms with Crippen LogP contribution in [0.4, 0.5) is 13.2 Å². The molecule has 1 fully saturated rings. The first-order chi connectivity index (χ1) is 17.8. The Morgan fingerprint density at radius 1 is 1.30 bits per heavy atom. The third kappa shape index (κ3) is 6.35. The van der Waals surface area contributed by atoms with Crippen LogP contribution in [-0.4, -0.2) is 47.7 Å². The Hall–Kier alpha value is -3.28. The molecular weight excluding hydrogens is 505 g/mol. The van der Waals surface area contributed by atoms with E-state index in [1.165, 1.54) is 13.3 Å². The lowest BCUT2D eigenvalue weighted by atomic mass is 9.81. The van der Waals surface area contributed by atoms with Crippen LogP contribution in [0.3, 0.4) is 0 Å². The van der Waals surface area contributed by atoms with E-state index in [9.17, 15) is 18.7 Å². The highest BCUT2D eigenvalue weighted by Crippen LogP contribution is 2.38. The molecule has 194 valence electrons. The third-order valence-electron chi connectivity index (χ3n) is 6.78. The number of hydrogen-bond donors (Lipinski definition) is 1. The number of fused-ring (bicyclic) bond motifs is 1. The molecule has 1 aliphatic heterocycles. The van der Waals surface area contributed by atoms with Gasteiger partial charge in [0.15, 0.2) is 0 Å². The van der Waals surface area contributed by atoms with Gasteiger partial charge in [-0.05, 0) is 68.1 Å². The monoisotopic (exact) mass is 530 g/mol. The van der Waals surface area contributed by atoms with E-state index in [1.807, 2.05) is 4.90 Å². The standard InChI is InChI=1S/C28H26ClF3N2O3/c1-37-20-6-9-26-21(14-20)27(23(29)15-33-26)25(32)7-4-17-10-12-34(16-22(17)28(35)36)11-2-3-18-13-19(30)5-8-24(18)31/h5-6,8-9,13-15,17,22,25H,4,7,10-12,16H2,1H3,(H,35,36).